The molecule has 0 radical (unpaired) electrons. The zero-order valence-corrected chi connectivity index (χ0v) is 8.43. The van der Waals surface area contributed by atoms with Crippen molar-refractivity contribution in [2.24, 2.45) is 0 Å². The van der Waals surface area contributed by atoms with Gasteiger partial charge >= 0.3 is 6.02 Å². The molecule has 12 heavy (non-hydrogen) atoms. The zero-order chi connectivity index (χ0) is 8.93. The van der Waals surface area contributed by atoms with Crippen molar-refractivity contribution >= 4 is 31.8 Å². The number of amidine groups is 1. The molecule has 68 valence electrons. The van der Waals surface area contributed by atoms with E-state index in [4.69, 9.17) is 10.1 Å². The summed E-state index contributed by atoms with van der Waals surface area (Å²) >= 11 is 3.06. The van der Waals surface area contributed by atoms with E-state index in [1.165, 1.54) is 0 Å². The number of halogens is 1. The van der Waals surface area contributed by atoms with E-state index in [9.17, 15) is 8.42 Å². The molecule has 3 N–H and O–H groups in total. The molecule has 3 unspecified atom stereocenters. The number of nitrogens with two attached hydrogens (primary N) is 1. The molecule has 2 rings (SSSR count). The Kier molecular flexibility index (Phi) is 1.71. The summed E-state index contributed by atoms with van der Waals surface area (Å²) in [6.07, 6.45) is -0.387. The number of hydrogen-bond acceptors (Lipinski definition) is 4. The molecule has 0 aromatic carbocycles. The van der Waals surface area contributed by atoms with E-state index < -0.39 is 14.0 Å². The van der Waals surface area contributed by atoms with Gasteiger partial charge in [-0.25, -0.2) is 13.8 Å². The van der Waals surface area contributed by atoms with Crippen LogP contribution in [0.2, 0.25) is 0 Å². The van der Waals surface area contributed by atoms with Crippen LogP contribution in [-0.2, 0) is 14.6 Å². The average Bonchev–Trinajstić information content (AvgIpc) is 2.35. The quantitative estimate of drug-likeness (QED) is 0.512. The van der Waals surface area contributed by atoms with Gasteiger partial charge in [0.1, 0.15) is 11.8 Å². The van der Waals surface area contributed by atoms with Crippen LogP contribution in [0.3, 0.4) is 0 Å². The third-order valence-electron chi connectivity index (χ3n) is 2.08. The van der Waals surface area contributed by atoms with Gasteiger partial charge in [-0.05, 0) is 0 Å². The first-order valence-corrected chi connectivity index (χ1v) is 6.09. The number of sulfone groups is 1. The molecule has 2 saturated heterocycles. The van der Waals surface area contributed by atoms with Crippen molar-refractivity contribution in [2.45, 2.75) is 16.3 Å². The molecule has 0 aromatic rings. The molecule has 0 spiro atoms. The Labute approximate surface area is 78.0 Å². The molecule has 0 bridgehead atoms. The van der Waals surface area contributed by atoms with Crippen molar-refractivity contribution in [3.63, 3.8) is 0 Å². The van der Waals surface area contributed by atoms with Gasteiger partial charge < -0.3 is 4.74 Å². The first-order chi connectivity index (χ1) is 5.50. The van der Waals surface area contributed by atoms with Crippen LogP contribution in [0.25, 0.3) is 0 Å². The molecule has 7 heteroatoms. The minimum absolute atomic E-state index is 0.0874. The number of ether oxygens (including phenoxy) is 1. The Morgan fingerprint density at radius 2 is 2.33 bits per heavy atom. The van der Waals surface area contributed by atoms with Crippen molar-refractivity contribution in [3.05, 3.63) is 0 Å². The Bertz CT molecular complexity index is 328. The van der Waals surface area contributed by atoms with Gasteiger partial charge in [0, 0.05) is 0 Å². The monoisotopic (exact) mass is 255 g/mol. The van der Waals surface area contributed by atoms with Crippen molar-refractivity contribution in [2.75, 3.05) is 5.75 Å². The van der Waals surface area contributed by atoms with Gasteiger partial charge in [-0.1, -0.05) is 15.9 Å². The van der Waals surface area contributed by atoms with Crippen LogP contribution in [0.5, 0.6) is 0 Å². The van der Waals surface area contributed by atoms with Gasteiger partial charge in [-0.3, -0.25) is 5.32 Å². The predicted molar refractivity (Wildman–Crippen MR) is 44.8 cm³/mol. The standard InChI is InChI=1S/C5H7BrN2O3S/c6-4-3-2(1-12(4,9)10)8-5(7)11-3/h2-4H,1H2,(H2,7,8)/p+1. The summed E-state index contributed by atoms with van der Waals surface area (Å²) in [7, 11) is -3.04. The molecular weight excluding hydrogens is 248 g/mol. The van der Waals surface area contributed by atoms with E-state index in [2.05, 4.69) is 15.9 Å². The highest BCUT2D eigenvalue weighted by molar-refractivity contribution is 9.11. The van der Waals surface area contributed by atoms with Gasteiger partial charge in [0.05, 0.1) is 0 Å². The van der Waals surface area contributed by atoms with Crippen LogP contribution in [0.4, 0.5) is 0 Å². The summed E-state index contributed by atoms with van der Waals surface area (Å²) in [5, 5.41) is 8.73. The summed E-state index contributed by atoms with van der Waals surface area (Å²) < 4.78 is 26.9. The molecule has 2 aliphatic rings. The van der Waals surface area contributed by atoms with E-state index in [1.54, 1.807) is 5.32 Å². The molecule has 2 fully saturated rings. The zero-order valence-electron chi connectivity index (χ0n) is 6.03. The lowest BCUT2D eigenvalue weighted by atomic mass is 10.2. The number of alkyl halides is 1. The summed E-state index contributed by atoms with van der Waals surface area (Å²) in [5.74, 6) is 0.0932. The van der Waals surface area contributed by atoms with Gasteiger partial charge in [0.2, 0.25) is 0 Å². The lowest BCUT2D eigenvalue weighted by Crippen LogP contribution is -2.91. The number of nitrogens with one attached hydrogen (secondary N) is 1. The first kappa shape index (κ1) is 8.46. The van der Waals surface area contributed by atoms with Crippen LogP contribution < -0.4 is 5.32 Å². The molecule has 0 amide bonds. The topological polar surface area (TPSA) is 83.8 Å². The van der Waals surface area contributed by atoms with Crippen LogP contribution in [-0.4, -0.2) is 36.5 Å². The minimum Gasteiger partial charge on any atom is -0.425 e. The van der Waals surface area contributed by atoms with E-state index in [1.807, 2.05) is 0 Å². The highest BCUT2D eigenvalue weighted by Gasteiger charge is 2.55. The fourth-order valence-corrected chi connectivity index (χ4v) is 4.15. The summed E-state index contributed by atoms with van der Waals surface area (Å²) in [4.78, 5) is 0. The molecule has 0 aliphatic carbocycles. The van der Waals surface area contributed by atoms with Gasteiger partial charge in [-0.15, -0.1) is 0 Å². The fraction of sp³-hybridized carbons (Fsp3) is 0.800. The first-order valence-electron chi connectivity index (χ1n) is 3.46. The average molecular weight is 256 g/mol. The van der Waals surface area contributed by atoms with Crippen molar-refractivity contribution in [3.8, 4) is 0 Å². The maximum atomic E-state index is 11.3. The number of rotatable bonds is 0. The molecule has 0 aromatic heterocycles. The molecule has 2 aliphatic heterocycles. The molecular formula is C5H8BrN2O3S+. The Morgan fingerprint density at radius 1 is 1.67 bits per heavy atom. The van der Waals surface area contributed by atoms with Gasteiger partial charge in [0.25, 0.3) is 0 Å². The molecule has 2 heterocycles. The second kappa shape index (κ2) is 2.43. The number of hydrogen-bond donors (Lipinski definition) is 2. The highest BCUT2D eigenvalue weighted by atomic mass is 79.9. The normalized spacial score (nSPS) is 44.1. The second-order valence-electron chi connectivity index (χ2n) is 2.96. The van der Waals surface area contributed by atoms with E-state index in [0.717, 1.165) is 0 Å². The highest BCUT2D eigenvalue weighted by Crippen LogP contribution is 2.28. The number of quaternary nitrogens is 1. The van der Waals surface area contributed by atoms with Gasteiger partial charge in [-0.2, -0.15) is 0 Å². The Morgan fingerprint density at radius 3 is 2.92 bits per heavy atom. The van der Waals surface area contributed by atoms with E-state index in [-0.39, 0.29) is 23.9 Å². The van der Waals surface area contributed by atoms with E-state index >= 15 is 0 Å². The lowest BCUT2D eigenvalue weighted by Gasteiger charge is -2.05. The Balaban J connectivity index is 2.30. The maximum Gasteiger partial charge on any atom is 0.388 e. The summed E-state index contributed by atoms with van der Waals surface area (Å²) in [5.41, 5.74) is 0. The SMILES string of the molecule is N=C1[NH2+]C2CS(=O)(=O)C(Br)C2O1. The van der Waals surface area contributed by atoms with Crippen LogP contribution in [0.15, 0.2) is 0 Å². The lowest BCUT2D eigenvalue weighted by molar-refractivity contribution is -0.566. The molecule has 5 nitrogen and oxygen atoms in total. The second-order valence-corrected chi connectivity index (χ2v) is 6.72. The van der Waals surface area contributed by atoms with Crippen molar-refractivity contribution in [1.82, 2.24) is 0 Å². The fourth-order valence-electron chi connectivity index (χ4n) is 1.52. The largest absolute Gasteiger partial charge is 0.425 e. The predicted octanol–water partition coefficient (Wildman–Crippen LogP) is -1.60. The van der Waals surface area contributed by atoms with Gasteiger partial charge in [0.15, 0.2) is 20.1 Å². The van der Waals surface area contributed by atoms with Crippen molar-refractivity contribution < 1.29 is 18.5 Å². The molecule has 0 saturated carbocycles. The Hall–Kier alpha value is -0.140. The maximum absolute atomic E-state index is 11.3. The summed E-state index contributed by atoms with van der Waals surface area (Å²) in [6, 6.07) is -0.0452. The van der Waals surface area contributed by atoms with Crippen LogP contribution in [0, 0.1) is 5.41 Å². The minimum atomic E-state index is -3.04. The smallest absolute Gasteiger partial charge is 0.388 e. The van der Waals surface area contributed by atoms with Crippen LogP contribution in [0.1, 0.15) is 0 Å². The summed E-state index contributed by atoms with van der Waals surface area (Å²) in [6.45, 7) is 0. The van der Waals surface area contributed by atoms with Crippen LogP contribution >= 0.6 is 15.9 Å². The third-order valence-corrected chi connectivity index (χ3v) is 6.11. The van der Waals surface area contributed by atoms with E-state index in [0.29, 0.717) is 0 Å². The van der Waals surface area contributed by atoms with Crippen molar-refractivity contribution in [1.29, 1.82) is 5.41 Å². The third kappa shape index (κ3) is 1.07. The number of fused-ring (bicyclic) bond motifs is 1. The molecule has 3 atom stereocenters.